The molecule has 0 spiro atoms. The second-order valence-electron chi connectivity index (χ2n) is 5.87. The monoisotopic (exact) mass is 284 g/mol. The van der Waals surface area contributed by atoms with Crippen molar-refractivity contribution in [3.05, 3.63) is 0 Å². The quantitative estimate of drug-likeness (QED) is 0.351. The molecule has 1 saturated heterocycles. The van der Waals surface area contributed by atoms with E-state index in [1.807, 2.05) is 9.80 Å². The second kappa shape index (κ2) is 8.66. The van der Waals surface area contributed by atoms with Crippen LogP contribution in [0.2, 0.25) is 0 Å². The molecule has 1 heterocycles. The average molecular weight is 284 g/mol. The van der Waals surface area contributed by atoms with Crippen LogP contribution < -0.4 is 5.73 Å². The third-order valence-electron chi connectivity index (χ3n) is 3.50. The summed E-state index contributed by atoms with van der Waals surface area (Å²) >= 11 is 0. The highest BCUT2D eigenvalue weighted by Crippen LogP contribution is 2.13. The van der Waals surface area contributed by atoms with Crippen molar-refractivity contribution in [2.24, 2.45) is 16.8 Å². The molecule has 1 rings (SSSR count). The Balaban J connectivity index is 2.62. The molecule has 1 fully saturated rings. The first-order chi connectivity index (χ1) is 9.54. The Bertz CT molecular complexity index is 323. The van der Waals surface area contributed by atoms with Crippen LogP contribution in [0.3, 0.4) is 0 Å². The Morgan fingerprint density at radius 3 is 2.40 bits per heavy atom. The van der Waals surface area contributed by atoms with Crippen LogP contribution >= 0.6 is 0 Å². The average Bonchev–Trinajstić information content (AvgIpc) is 2.70. The van der Waals surface area contributed by atoms with Gasteiger partial charge in [-0.3, -0.25) is 0 Å². The maximum absolute atomic E-state index is 12.6. The predicted molar refractivity (Wildman–Crippen MR) is 79.9 cm³/mol. The summed E-state index contributed by atoms with van der Waals surface area (Å²) in [6, 6.07) is 0.0892. The maximum Gasteiger partial charge on any atom is 0.320 e. The number of hydrogen-bond acceptors (Lipinski definition) is 3. The third-order valence-corrected chi connectivity index (χ3v) is 3.50. The smallest absolute Gasteiger partial charge is 0.320 e. The normalized spacial score (nSPS) is 17.1. The van der Waals surface area contributed by atoms with E-state index >= 15 is 0 Å². The van der Waals surface area contributed by atoms with Crippen molar-refractivity contribution in [3.8, 4) is 0 Å². The Kier molecular flexibility index (Phi) is 7.18. The lowest BCUT2D eigenvalue weighted by molar-refractivity contribution is 0.149. The van der Waals surface area contributed by atoms with Crippen LogP contribution in [0.4, 0.5) is 4.79 Å². The summed E-state index contributed by atoms with van der Waals surface area (Å²) in [5, 5.41) is 11.6. The SMILES string of the molecule is CC(C)CN(CCC(N)=NO)C(=O)N1CCCCCC1. The van der Waals surface area contributed by atoms with E-state index < -0.39 is 0 Å². The van der Waals surface area contributed by atoms with Crippen LogP contribution in [0, 0.1) is 5.92 Å². The highest BCUT2D eigenvalue weighted by molar-refractivity contribution is 5.81. The Morgan fingerprint density at radius 2 is 1.90 bits per heavy atom. The Morgan fingerprint density at radius 1 is 1.30 bits per heavy atom. The van der Waals surface area contributed by atoms with Crippen molar-refractivity contribution in [1.82, 2.24) is 9.80 Å². The van der Waals surface area contributed by atoms with E-state index in [2.05, 4.69) is 19.0 Å². The molecule has 3 N–H and O–H groups in total. The van der Waals surface area contributed by atoms with Gasteiger partial charge in [0, 0.05) is 32.6 Å². The standard InChI is InChI=1S/C14H28N4O2/c1-12(2)11-18(10-7-13(15)16-20)14(19)17-8-5-3-4-6-9-17/h12,20H,3-11H2,1-2H3,(H2,15,16). The molecule has 116 valence electrons. The van der Waals surface area contributed by atoms with E-state index in [1.165, 1.54) is 12.8 Å². The van der Waals surface area contributed by atoms with Crippen LogP contribution in [0.1, 0.15) is 46.0 Å². The maximum atomic E-state index is 12.6. The number of likely N-dealkylation sites (tertiary alicyclic amines) is 1. The molecule has 0 bridgehead atoms. The Hall–Kier alpha value is -1.46. The van der Waals surface area contributed by atoms with E-state index in [9.17, 15) is 4.79 Å². The van der Waals surface area contributed by atoms with Crippen LogP contribution in [-0.2, 0) is 0 Å². The van der Waals surface area contributed by atoms with Gasteiger partial charge in [0.15, 0.2) is 0 Å². The highest BCUT2D eigenvalue weighted by atomic mass is 16.4. The van der Waals surface area contributed by atoms with Crippen molar-refractivity contribution in [3.63, 3.8) is 0 Å². The molecule has 1 aliphatic rings. The van der Waals surface area contributed by atoms with Gasteiger partial charge in [0.25, 0.3) is 0 Å². The molecule has 2 amide bonds. The summed E-state index contributed by atoms with van der Waals surface area (Å²) in [6.45, 7) is 7.07. The fourth-order valence-corrected chi connectivity index (χ4v) is 2.47. The molecule has 1 aliphatic heterocycles. The predicted octanol–water partition coefficient (Wildman–Crippen LogP) is 2.08. The zero-order valence-electron chi connectivity index (χ0n) is 12.7. The number of oxime groups is 1. The fourth-order valence-electron chi connectivity index (χ4n) is 2.47. The molecule has 0 radical (unpaired) electrons. The lowest BCUT2D eigenvalue weighted by atomic mass is 10.2. The van der Waals surface area contributed by atoms with Gasteiger partial charge in [0.2, 0.25) is 0 Å². The number of amidine groups is 1. The van der Waals surface area contributed by atoms with Crippen LogP contribution in [-0.4, -0.2) is 53.1 Å². The molecule has 0 aromatic carbocycles. The lowest BCUT2D eigenvalue weighted by Gasteiger charge is -2.31. The molecule has 0 saturated carbocycles. The number of nitrogens with two attached hydrogens (primary N) is 1. The summed E-state index contributed by atoms with van der Waals surface area (Å²) in [7, 11) is 0. The first-order valence-corrected chi connectivity index (χ1v) is 7.55. The molecule has 0 aromatic rings. The fraction of sp³-hybridized carbons (Fsp3) is 0.857. The molecule has 0 atom stereocenters. The van der Waals surface area contributed by atoms with Crippen LogP contribution in [0.15, 0.2) is 5.16 Å². The summed E-state index contributed by atoms with van der Waals surface area (Å²) in [5.74, 6) is 0.570. The summed E-state index contributed by atoms with van der Waals surface area (Å²) in [4.78, 5) is 16.4. The molecular weight excluding hydrogens is 256 g/mol. The number of rotatable bonds is 5. The van der Waals surface area contributed by atoms with Gasteiger partial charge in [-0.25, -0.2) is 4.79 Å². The van der Waals surface area contributed by atoms with Gasteiger partial charge in [-0.1, -0.05) is 31.8 Å². The molecule has 0 aromatic heterocycles. The minimum absolute atomic E-state index is 0.0892. The third kappa shape index (κ3) is 5.67. The topological polar surface area (TPSA) is 82.2 Å². The van der Waals surface area contributed by atoms with Gasteiger partial charge in [-0.15, -0.1) is 0 Å². The summed E-state index contributed by atoms with van der Waals surface area (Å²) in [5.41, 5.74) is 5.50. The summed E-state index contributed by atoms with van der Waals surface area (Å²) < 4.78 is 0. The van der Waals surface area contributed by atoms with Crippen molar-refractivity contribution >= 4 is 11.9 Å². The van der Waals surface area contributed by atoms with Gasteiger partial charge >= 0.3 is 6.03 Å². The van der Waals surface area contributed by atoms with Crippen LogP contribution in [0.25, 0.3) is 0 Å². The zero-order valence-corrected chi connectivity index (χ0v) is 12.7. The number of carbonyl (C=O) groups excluding carboxylic acids is 1. The molecule has 6 heteroatoms. The van der Waals surface area contributed by atoms with E-state index in [0.29, 0.717) is 25.4 Å². The minimum atomic E-state index is 0.0892. The minimum Gasteiger partial charge on any atom is -0.409 e. The van der Waals surface area contributed by atoms with E-state index in [-0.39, 0.29) is 11.9 Å². The van der Waals surface area contributed by atoms with Gasteiger partial charge in [-0.05, 0) is 18.8 Å². The van der Waals surface area contributed by atoms with Crippen LogP contribution in [0.5, 0.6) is 0 Å². The molecule has 6 nitrogen and oxygen atoms in total. The number of hydrogen-bond donors (Lipinski definition) is 2. The first kappa shape index (κ1) is 16.6. The van der Waals surface area contributed by atoms with Crippen molar-refractivity contribution < 1.29 is 10.0 Å². The van der Waals surface area contributed by atoms with E-state index in [0.717, 1.165) is 25.9 Å². The molecule has 0 aliphatic carbocycles. The summed E-state index contributed by atoms with van der Waals surface area (Å²) in [6.07, 6.45) is 4.99. The van der Waals surface area contributed by atoms with Crippen molar-refractivity contribution in [2.45, 2.75) is 46.0 Å². The van der Waals surface area contributed by atoms with Crippen molar-refractivity contribution in [1.29, 1.82) is 0 Å². The largest absolute Gasteiger partial charge is 0.409 e. The van der Waals surface area contributed by atoms with Gasteiger partial charge < -0.3 is 20.7 Å². The van der Waals surface area contributed by atoms with Crippen molar-refractivity contribution in [2.75, 3.05) is 26.2 Å². The van der Waals surface area contributed by atoms with E-state index in [1.54, 1.807) is 0 Å². The van der Waals surface area contributed by atoms with Gasteiger partial charge in [0.05, 0.1) is 0 Å². The Labute approximate surface area is 121 Å². The van der Waals surface area contributed by atoms with Gasteiger partial charge in [0.1, 0.15) is 5.84 Å². The van der Waals surface area contributed by atoms with Gasteiger partial charge in [-0.2, -0.15) is 0 Å². The lowest BCUT2D eigenvalue weighted by Crippen LogP contribution is -2.46. The molecule has 0 unspecified atom stereocenters. The molecule has 20 heavy (non-hydrogen) atoms. The number of urea groups is 1. The number of amides is 2. The highest BCUT2D eigenvalue weighted by Gasteiger charge is 2.22. The number of carbonyl (C=O) groups is 1. The second-order valence-corrected chi connectivity index (χ2v) is 5.87. The van der Waals surface area contributed by atoms with E-state index in [4.69, 9.17) is 10.9 Å². The first-order valence-electron chi connectivity index (χ1n) is 7.55. The molecular formula is C14H28N4O2. The zero-order chi connectivity index (χ0) is 15.0. The number of nitrogens with zero attached hydrogens (tertiary/aromatic N) is 3.